The second-order valence-electron chi connectivity index (χ2n) is 5.72. The maximum Gasteiger partial charge on any atom is 0.330 e. The molecule has 5 heteroatoms. The van der Waals surface area contributed by atoms with Gasteiger partial charge in [-0.05, 0) is 37.5 Å². The minimum Gasteiger partial charge on any atom is -0.467 e. The monoisotopic (exact) mass is 313 g/mol. The van der Waals surface area contributed by atoms with E-state index < -0.39 is 17.3 Å². The molecule has 116 valence electrons. The summed E-state index contributed by atoms with van der Waals surface area (Å²) in [5.74, 6) is -0.888. The summed E-state index contributed by atoms with van der Waals surface area (Å²) in [4.78, 5) is 12.3. The Hall–Kier alpha value is -1.13. The summed E-state index contributed by atoms with van der Waals surface area (Å²) in [6, 6.07) is 4.60. The van der Waals surface area contributed by atoms with Crippen molar-refractivity contribution in [3.05, 3.63) is 34.6 Å². The molecule has 0 heterocycles. The zero-order chi connectivity index (χ0) is 15.5. The summed E-state index contributed by atoms with van der Waals surface area (Å²) in [7, 11) is 1.36. The van der Waals surface area contributed by atoms with Gasteiger partial charge in [-0.25, -0.2) is 9.18 Å². The van der Waals surface area contributed by atoms with Gasteiger partial charge in [-0.1, -0.05) is 36.9 Å². The molecule has 0 aliphatic heterocycles. The number of halogens is 2. The van der Waals surface area contributed by atoms with E-state index in [1.165, 1.54) is 25.7 Å². The summed E-state index contributed by atoms with van der Waals surface area (Å²) >= 11 is 5.86. The normalized spacial score (nSPS) is 19.0. The van der Waals surface area contributed by atoms with Crippen LogP contribution in [-0.2, 0) is 15.1 Å². The van der Waals surface area contributed by atoms with E-state index in [4.69, 9.17) is 16.3 Å². The van der Waals surface area contributed by atoms with Crippen LogP contribution in [0.25, 0.3) is 0 Å². The molecule has 1 aliphatic carbocycles. The van der Waals surface area contributed by atoms with Gasteiger partial charge in [-0.3, -0.25) is 5.32 Å². The van der Waals surface area contributed by atoms with Gasteiger partial charge in [0.2, 0.25) is 0 Å². The number of benzene rings is 1. The van der Waals surface area contributed by atoms with E-state index in [9.17, 15) is 9.18 Å². The van der Waals surface area contributed by atoms with Gasteiger partial charge in [0.1, 0.15) is 11.4 Å². The largest absolute Gasteiger partial charge is 0.467 e. The predicted octanol–water partition coefficient (Wildman–Crippen LogP) is 3.79. The van der Waals surface area contributed by atoms with Gasteiger partial charge in [-0.15, -0.1) is 0 Å². The molecule has 3 nitrogen and oxygen atoms in total. The Morgan fingerprint density at radius 2 is 2.05 bits per heavy atom. The van der Waals surface area contributed by atoms with Gasteiger partial charge in [0.05, 0.1) is 12.1 Å². The van der Waals surface area contributed by atoms with Crippen molar-refractivity contribution in [1.29, 1.82) is 0 Å². The molecule has 0 bridgehead atoms. The average molecular weight is 314 g/mol. The third kappa shape index (κ3) is 3.55. The first-order valence-corrected chi connectivity index (χ1v) is 7.67. The van der Waals surface area contributed by atoms with Gasteiger partial charge in [0.25, 0.3) is 0 Å². The standard InChI is InChI=1S/C16H21ClFNO2/c1-16(15(20)21-2,19-12-6-4-3-5-7-12)11-8-9-14(18)13(17)10-11/h8-10,12,19H,3-7H2,1-2H3. The average Bonchev–Trinajstić information content (AvgIpc) is 2.50. The topological polar surface area (TPSA) is 38.3 Å². The molecule has 1 N–H and O–H groups in total. The van der Waals surface area contributed by atoms with Crippen LogP contribution in [0.5, 0.6) is 0 Å². The number of hydrogen-bond acceptors (Lipinski definition) is 3. The lowest BCUT2D eigenvalue weighted by atomic mass is 9.87. The third-order valence-corrected chi connectivity index (χ3v) is 4.48. The van der Waals surface area contributed by atoms with Crippen molar-refractivity contribution in [1.82, 2.24) is 5.32 Å². The van der Waals surface area contributed by atoms with Crippen LogP contribution in [0.15, 0.2) is 18.2 Å². The van der Waals surface area contributed by atoms with E-state index >= 15 is 0 Å². The summed E-state index contributed by atoms with van der Waals surface area (Å²) in [5, 5.41) is 3.40. The zero-order valence-electron chi connectivity index (χ0n) is 12.4. The first kappa shape index (κ1) is 16.2. The lowest BCUT2D eigenvalue weighted by molar-refractivity contribution is -0.148. The first-order chi connectivity index (χ1) is 9.97. The Balaban J connectivity index is 2.31. The van der Waals surface area contributed by atoms with Crippen molar-refractivity contribution in [2.75, 3.05) is 7.11 Å². The van der Waals surface area contributed by atoms with Crippen molar-refractivity contribution in [3.63, 3.8) is 0 Å². The van der Waals surface area contributed by atoms with E-state index in [2.05, 4.69) is 5.32 Å². The van der Waals surface area contributed by atoms with E-state index in [-0.39, 0.29) is 11.1 Å². The van der Waals surface area contributed by atoms with Gasteiger partial charge in [0.15, 0.2) is 0 Å². The predicted molar refractivity (Wildman–Crippen MR) is 80.8 cm³/mol. The molecule has 1 fully saturated rings. The highest BCUT2D eigenvalue weighted by molar-refractivity contribution is 6.30. The maximum atomic E-state index is 13.4. The molecule has 1 aromatic rings. The highest BCUT2D eigenvalue weighted by Crippen LogP contribution is 2.29. The smallest absolute Gasteiger partial charge is 0.330 e. The van der Waals surface area contributed by atoms with Crippen LogP contribution in [0.3, 0.4) is 0 Å². The molecule has 0 aromatic heterocycles. The number of esters is 1. The number of rotatable bonds is 4. The van der Waals surface area contributed by atoms with Crippen molar-refractivity contribution >= 4 is 17.6 Å². The van der Waals surface area contributed by atoms with E-state index in [1.54, 1.807) is 13.0 Å². The van der Waals surface area contributed by atoms with E-state index in [0.29, 0.717) is 5.56 Å². The fraction of sp³-hybridized carbons (Fsp3) is 0.562. The summed E-state index contributed by atoms with van der Waals surface area (Å²) in [6.07, 6.45) is 5.59. The Labute approximate surface area is 129 Å². The number of carbonyl (C=O) groups excluding carboxylic acids is 1. The molecule has 1 saturated carbocycles. The highest BCUT2D eigenvalue weighted by Gasteiger charge is 2.38. The molecule has 1 unspecified atom stereocenters. The second kappa shape index (κ2) is 6.75. The molecule has 0 amide bonds. The molecule has 1 atom stereocenters. The molecule has 0 spiro atoms. The number of ether oxygens (including phenoxy) is 1. The summed E-state index contributed by atoms with van der Waals surface area (Å²) < 4.78 is 18.3. The molecular formula is C16H21ClFNO2. The van der Waals surface area contributed by atoms with Crippen LogP contribution in [0.2, 0.25) is 5.02 Å². The van der Waals surface area contributed by atoms with Crippen molar-refractivity contribution in [2.45, 2.75) is 50.6 Å². The van der Waals surface area contributed by atoms with Crippen LogP contribution in [0, 0.1) is 5.82 Å². The zero-order valence-corrected chi connectivity index (χ0v) is 13.2. The molecule has 1 aromatic carbocycles. The molecule has 2 rings (SSSR count). The third-order valence-electron chi connectivity index (χ3n) is 4.19. The quantitative estimate of drug-likeness (QED) is 0.860. The number of nitrogens with one attached hydrogen (secondary N) is 1. The molecule has 21 heavy (non-hydrogen) atoms. The molecular weight excluding hydrogens is 293 g/mol. The van der Waals surface area contributed by atoms with Crippen LogP contribution < -0.4 is 5.32 Å². The summed E-state index contributed by atoms with van der Waals surface area (Å²) in [5.41, 5.74) is -0.403. The van der Waals surface area contributed by atoms with Crippen LogP contribution >= 0.6 is 11.6 Å². The molecule has 1 aliphatic rings. The van der Waals surface area contributed by atoms with E-state index in [0.717, 1.165) is 25.7 Å². The fourth-order valence-corrected chi connectivity index (χ4v) is 3.11. The van der Waals surface area contributed by atoms with Crippen molar-refractivity contribution < 1.29 is 13.9 Å². The minimum atomic E-state index is -1.02. The molecule has 0 saturated heterocycles. The van der Waals surface area contributed by atoms with Crippen LogP contribution in [-0.4, -0.2) is 19.1 Å². The second-order valence-corrected chi connectivity index (χ2v) is 6.13. The van der Waals surface area contributed by atoms with E-state index in [1.807, 2.05) is 0 Å². The van der Waals surface area contributed by atoms with Crippen LogP contribution in [0.1, 0.15) is 44.6 Å². The lowest BCUT2D eigenvalue weighted by Gasteiger charge is -2.35. The highest BCUT2D eigenvalue weighted by atomic mass is 35.5. The lowest BCUT2D eigenvalue weighted by Crippen LogP contribution is -2.52. The van der Waals surface area contributed by atoms with Gasteiger partial charge in [0, 0.05) is 6.04 Å². The van der Waals surface area contributed by atoms with Gasteiger partial charge < -0.3 is 4.74 Å². The number of hydrogen-bond donors (Lipinski definition) is 1. The Morgan fingerprint density at radius 1 is 1.38 bits per heavy atom. The SMILES string of the molecule is COC(=O)C(C)(NC1CCCCC1)c1ccc(F)c(Cl)c1. The van der Waals surface area contributed by atoms with Crippen LogP contribution in [0.4, 0.5) is 4.39 Å². The number of carbonyl (C=O) groups is 1. The molecule has 0 radical (unpaired) electrons. The first-order valence-electron chi connectivity index (χ1n) is 7.29. The Kier molecular flexibility index (Phi) is 5.22. The van der Waals surface area contributed by atoms with Gasteiger partial charge in [-0.2, -0.15) is 0 Å². The Morgan fingerprint density at radius 3 is 2.62 bits per heavy atom. The van der Waals surface area contributed by atoms with Crippen molar-refractivity contribution in [2.24, 2.45) is 0 Å². The Bertz CT molecular complexity index is 517. The van der Waals surface area contributed by atoms with Gasteiger partial charge >= 0.3 is 5.97 Å². The minimum absolute atomic E-state index is 0.00747. The van der Waals surface area contributed by atoms with Crippen molar-refractivity contribution in [3.8, 4) is 0 Å². The maximum absolute atomic E-state index is 13.4. The number of methoxy groups -OCH3 is 1. The fourth-order valence-electron chi connectivity index (χ4n) is 2.93. The summed E-state index contributed by atoms with van der Waals surface area (Å²) in [6.45, 7) is 1.76.